The van der Waals surface area contributed by atoms with Gasteiger partial charge in [0.25, 0.3) is 5.91 Å². The van der Waals surface area contributed by atoms with Crippen molar-refractivity contribution in [1.82, 2.24) is 9.80 Å². The molecule has 0 fully saturated rings. The van der Waals surface area contributed by atoms with Crippen LogP contribution in [-0.2, 0) is 6.54 Å². The smallest absolute Gasteiger partial charge is 0.335 e. The van der Waals surface area contributed by atoms with Crippen molar-refractivity contribution in [2.45, 2.75) is 32.5 Å². The molecule has 10 nitrogen and oxygen atoms in total. The number of fused-ring (bicyclic) bond motifs is 2. The first-order valence-corrected chi connectivity index (χ1v) is 14.9. The van der Waals surface area contributed by atoms with Crippen LogP contribution in [0.4, 0.5) is 16.2 Å². The van der Waals surface area contributed by atoms with Crippen molar-refractivity contribution in [1.29, 1.82) is 0 Å². The highest BCUT2D eigenvalue weighted by molar-refractivity contribution is 6.07. The molecular formula is C35H38N4O6. The Hall–Kier alpha value is -4.93. The van der Waals surface area contributed by atoms with Gasteiger partial charge in [0.1, 0.15) is 11.9 Å². The van der Waals surface area contributed by atoms with Crippen LogP contribution in [0.2, 0.25) is 0 Å². The normalized spacial score (nSPS) is 17.2. The van der Waals surface area contributed by atoms with Crippen LogP contribution in [0.15, 0.2) is 84.9 Å². The molecule has 1 aliphatic rings. The molecule has 10 heteroatoms. The van der Waals surface area contributed by atoms with E-state index in [1.54, 1.807) is 54.3 Å². The zero-order valence-corrected chi connectivity index (χ0v) is 25.6. The lowest BCUT2D eigenvalue weighted by molar-refractivity contribution is 0.0341. The van der Waals surface area contributed by atoms with Crippen LogP contribution in [-0.4, -0.2) is 76.8 Å². The van der Waals surface area contributed by atoms with E-state index < -0.39 is 18.0 Å². The molecule has 0 aliphatic carbocycles. The van der Waals surface area contributed by atoms with Gasteiger partial charge in [-0.15, -0.1) is 0 Å². The number of likely N-dealkylation sites (N-methyl/N-ethyl adjacent to an activating group) is 1. The topological polar surface area (TPSA) is 131 Å². The average Bonchev–Trinajstić information content (AvgIpc) is 3.03. The van der Waals surface area contributed by atoms with Crippen molar-refractivity contribution in [3.05, 3.63) is 102 Å². The van der Waals surface area contributed by atoms with Crippen LogP contribution < -0.4 is 15.4 Å². The summed E-state index contributed by atoms with van der Waals surface area (Å²) in [5.41, 5.74) is 2.58. The molecule has 45 heavy (non-hydrogen) atoms. The number of hydrogen-bond donors (Lipinski definition) is 4. The molecule has 3 amide bonds. The van der Waals surface area contributed by atoms with E-state index in [1.165, 1.54) is 0 Å². The number of urea groups is 1. The van der Waals surface area contributed by atoms with E-state index in [4.69, 9.17) is 4.74 Å². The van der Waals surface area contributed by atoms with Crippen molar-refractivity contribution in [3.8, 4) is 5.75 Å². The van der Waals surface area contributed by atoms with Gasteiger partial charge in [-0.3, -0.25) is 9.69 Å². The second-order valence-electron chi connectivity index (χ2n) is 11.6. The minimum Gasteiger partial charge on any atom is -0.488 e. The first-order valence-electron chi connectivity index (χ1n) is 14.9. The molecule has 234 valence electrons. The van der Waals surface area contributed by atoms with Gasteiger partial charge in [-0.2, -0.15) is 0 Å². The summed E-state index contributed by atoms with van der Waals surface area (Å²) in [5.74, 6) is -0.935. The summed E-state index contributed by atoms with van der Waals surface area (Å²) in [6.07, 6.45) is -0.304. The standard InChI is InChI=1S/C35H38N4O6/c1-22-18-39(23(2)21-40)33(41)29-17-27(36-35(44)37-30-10-6-8-25-7-4-5-9-28(25)30)15-16-31(29)45-32(22)20-38(3)19-24-11-13-26(14-12-24)34(42)43/h4-17,22-23,32,40H,18-21H2,1-3H3,(H,42,43)(H2,36,37,44)/t22-,23-,32+/m0/s1. The molecule has 3 atom stereocenters. The second kappa shape index (κ2) is 13.8. The lowest BCUT2D eigenvalue weighted by Gasteiger charge is -2.38. The van der Waals surface area contributed by atoms with Crippen molar-refractivity contribution in [2.75, 3.05) is 37.4 Å². The number of ether oxygens (including phenoxy) is 1. The molecule has 0 unspecified atom stereocenters. The number of aliphatic hydroxyl groups excluding tert-OH is 1. The number of amides is 3. The first-order chi connectivity index (χ1) is 21.6. The predicted molar refractivity (Wildman–Crippen MR) is 174 cm³/mol. The van der Waals surface area contributed by atoms with E-state index in [1.807, 2.05) is 56.4 Å². The zero-order valence-electron chi connectivity index (χ0n) is 25.6. The van der Waals surface area contributed by atoms with Gasteiger partial charge in [0.05, 0.1) is 29.5 Å². The number of rotatable bonds is 9. The molecule has 4 aromatic carbocycles. The summed E-state index contributed by atoms with van der Waals surface area (Å²) in [6, 6.07) is 24.3. The molecule has 1 aliphatic heterocycles. The monoisotopic (exact) mass is 610 g/mol. The predicted octanol–water partition coefficient (Wildman–Crippen LogP) is 5.53. The highest BCUT2D eigenvalue weighted by Crippen LogP contribution is 2.31. The number of carboxylic acid groups (broad SMARTS) is 1. The zero-order chi connectivity index (χ0) is 32.1. The summed E-state index contributed by atoms with van der Waals surface area (Å²) in [6.45, 7) is 5.09. The molecule has 0 bridgehead atoms. The molecule has 0 aromatic heterocycles. The number of carboxylic acids is 1. The van der Waals surface area contributed by atoms with Crippen LogP contribution in [0.1, 0.15) is 40.1 Å². The molecule has 0 saturated carbocycles. The Balaban J connectivity index is 1.35. The Kier molecular flexibility index (Phi) is 9.65. The van der Waals surface area contributed by atoms with Gasteiger partial charge in [0, 0.05) is 36.6 Å². The van der Waals surface area contributed by atoms with E-state index in [9.17, 15) is 24.6 Å². The SMILES string of the molecule is C[C@H]1CN([C@@H](C)CO)C(=O)c2cc(NC(=O)Nc3cccc4ccccc34)ccc2O[C@@H]1CN(C)Cc1ccc(C(=O)O)cc1. The van der Waals surface area contributed by atoms with Gasteiger partial charge in [-0.25, -0.2) is 9.59 Å². The quantitative estimate of drug-likeness (QED) is 0.196. The summed E-state index contributed by atoms with van der Waals surface area (Å²) < 4.78 is 6.49. The maximum atomic E-state index is 13.8. The molecular weight excluding hydrogens is 572 g/mol. The molecule has 0 spiro atoms. The third-order valence-corrected chi connectivity index (χ3v) is 8.11. The summed E-state index contributed by atoms with van der Waals surface area (Å²) in [5, 5.41) is 26.8. The number of nitrogens with zero attached hydrogens (tertiary/aromatic N) is 2. The highest BCUT2D eigenvalue weighted by Gasteiger charge is 2.33. The second-order valence-corrected chi connectivity index (χ2v) is 11.6. The first kappa shape index (κ1) is 31.5. The summed E-state index contributed by atoms with van der Waals surface area (Å²) in [7, 11) is 1.96. The highest BCUT2D eigenvalue weighted by atomic mass is 16.5. The number of nitrogens with one attached hydrogen (secondary N) is 2. The number of aliphatic hydroxyl groups is 1. The Morgan fingerprint density at radius 3 is 2.49 bits per heavy atom. The number of aromatic carboxylic acids is 1. The van der Waals surface area contributed by atoms with Crippen LogP contribution in [0.25, 0.3) is 10.8 Å². The largest absolute Gasteiger partial charge is 0.488 e. The van der Waals surface area contributed by atoms with E-state index in [2.05, 4.69) is 15.5 Å². The van der Waals surface area contributed by atoms with Crippen molar-refractivity contribution >= 4 is 40.1 Å². The summed E-state index contributed by atoms with van der Waals surface area (Å²) in [4.78, 5) is 41.8. The van der Waals surface area contributed by atoms with Crippen molar-refractivity contribution in [3.63, 3.8) is 0 Å². The maximum absolute atomic E-state index is 13.8. The average molecular weight is 611 g/mol. The van der Waals surface area contributed by atoms with Crippen LogP contribution in [0.3, 0.4) is 0 Å². The van der Waals surface area contributed by atoms with Crippen LogP contribution >= 0.6 is 0 Å². The van der Waals surface area contributed by atoms with E-state index in [0.717, 1.165) is 16.3 Å². The minimum atomic E-state index is -0.967. The van der Waals surface area contributed by atoms with E-state index in [0.29, 0.717) is 42.3 Å². The fourth-order valence-corrected chi connectivity index (χ4v) is 5.57. The Morgan fingerprint density at radius 2 is 1.76 bits per heavy atom. The van der Waals surface area contributed by atoms with Gasteiger partial charge >= 0.3 is 12.0 Å². The molecule has 1 heterocycles. The van der Waals surface area contributed by atoms with Gasteiger partial charge in [-0.05, 0) is 61.3 Å². The maximum Gasteiger partial charge on any atom is 0.335 e. The lowest BCUT2D eigenvalue weighted by atomic mass is 9.99. The fraction of sp³-hybridized carbons (Fsp3) is 0.286. The molecule has 4 N–H and O–H groups in total. The van der Waals surface area contributed by atoms with Crippen LogP contribution in [0.5, 0.6) is 5.75 Å². The molecule has 0 saturated heterocycles. The Bertz CT molecular complexity index is 1690. The number of carbonyl (C=O) groups excluding carboxylic acids is 2. The van der Waals surface area contributed by atoms with Crippen molar-refractivity contribution in [2.24, 2.45) is 5.92 Å². The van der Waals surface area contributed by atoms with Crippen LogP contribution in [0, 0.1) is 5.92 Å². The van der Waals surface area contributed by atoms with Gasteiger partial charge in [-0.1, -0.05) is 55.5 Å². The van der Waals surface area contributed by atoms with Gasteiger partial charge in [0.15, 0.2) is 0 Å². The molecule has 0 radical (unpaired) electrons. The third kappa shape index (κ3) is 7.42. The summed E-state index contributed by atoms with van der Waals surface area (Å²) >= 11 is 0. The van der Waals surface area contributed by atoms with Gasteiger partial charge < -0.3 is 30.5 Å². The lowest BCUT2D eigenvalue weighted by Crippen LogP contribution is -2.49. The third-order valence-electron chi connectivity index (χ3n) is 8.11. The Morgan fingerprint density at radius 1 is 1.02 bits per heavy atom. The van der Waals surface area contributed by atoms with E-state index in [-0.39, 0.29) is 30.1 Å². The van der Waals surface area contributed by atoms with Gasteiger partial charge in [0.2, 0.25) is 0 Å². The van der Waals surface area contributed by atoms with E-state index >= 15 is 0 Å². The van der Waals surface area contributed by atoms with Crippen molar-refractivity contribution < 1.29 is 29.3 Å². The fourth-order valence-electron chi connectivity index (χ4n) is 5.57. The number of carbonyl (C=O) groups is 3. The number of hydrogen-bond acceptors (Lipinski definition) is 6. The minimum absolute atomic E-state index is 0.0720. The Labute approximate surface area is 262 Å². The number of anilines is 2. The molecule has 4 aromatic rings. The molecule has 5 rings (SSSR count). The number of benzene rings is 4.